The summed E-state index contributed by atoms with van der Waals surface area (Å²) in [6, 6.07) is -1.28. The first-order valence-corrected chi connectivity index (χ1v) is 5.54. The van der Waals surface area contributed by atoms with E-state index in [2.05, 4.69) is 10.6 Å². The summed E-state index contributed by atoms with van der Waals surface area (Å²) in [7, 11) is 1.56. The molecule has 0 aromatic heterocycles. The van der Waals surface area contributed by atoms with E-state index in [1.165, 1.54) is 0 Å². The molecule has 0 spiro atoms. The summed E-state index contributed by atoms with van der Waals surface area (Å²) in [5.41, 5.74) is -0.685. The number of hydrogen-bond acceptors (Lipinski definition) is 5. The van der Waals surface area contributed by atoms with Crippen molar-refractivity contribution in [1.29, 1.82) is 0 Å². The van der Waals surface area contributed by atoms with Crippen LogP contribution in [0.1, 0.15) is 27.2 Å². The van der Waals surface area contributed by atoms with Crippen LogP contribution in [0.4, 0.5) is 0 Å². The molecule has 0 bridgehead atoms. The molecule has 7 nitrogen and oxygen atoms in total. The fourth-order valence-corrected chi connectivity index (χ4v) is 1.16. The summed E-state index contributed by atoms with van der Waals surface area (Å²) in [5.74, 6) is -2.43. The third-order valence-electron chi connectivity index (χ3n) is 1.76. The lowest BCUT2D eigenvalue weighted by Crippen LogP contribution is -2.45. The second-order valence-corrected chi connectivity index (χ2v) is 4.78. The van der Waals surface area contributed by atoms with Gasteiger partial charge in [-0.1, -0.05) is 0 Å². The van der Waals surface area contributed by atoms with Crippen LogP contribution in [0.15, 0.2) is 0 Å². The second-order valence-electron chi connectivity index (χ2n) is 4.78. The van der Waals surface area contributed by atoms with Crippen LogP contribution >= 0.6 is 0 Å². The summed E-state index contributed by atoms with van der Waals surface area (Å²) >= 11 is 0. The lowest BCUT2D eigenvalue weighted by atomic mass is 10.1. The average molecular weight is 260 g/mol. The highest BCUT2D eigenvalue weighted by atomic mass is 16.6. The number of carbonyl (C=O) groups excluding carboxylic acids is 2. The van der Waals surface area contributed by atoms with E-state index in [-0.39, 0.29) is 6.54 Å². The highest BCUT2D eigenvalue weighted by Crippen LogP contribution is 2.09. The number of nitrogens with one attached hydrogen (secondary N) is 2. The number of rotatable bonds is 6. The van der Waals surface area contributed by atoms with Crippen molar-refractivity contribution in [2.24, 2.45) is 0 Å². The Kier molecular flexibility index (Phi) is 6.32. The van der Waals surface area contributed by atoms with Crippen molar-refractivity contribution >= 4 is 17.8 Å². The molecular formula is C11H20N2O5. The molecule has 0 rings (SSSR count). The molecule has 0 aliphatic carbocycles. The molecule has 3 N–H and O–H groups in total. The standard InChI is InChI=1S/C11H20N2O5/c1-11(2,3)18-9(15)5-7(10(16)17)13-8(14)6-12-4/h7,12H,5-6H2,1-4H3,(H,13,14)(H,16,17)/t7-/m0/s1. The van der Waals surface area contributed by atoms with Crippen LogP contribution in [0.3, 0.4) is 0 Å². The van der Waals surface area contributed by atoms with E-state index in [0.717, 1.165) is 0 Å². The first-order chi connectivity index (χ1) is 8.15. The monoisotopic (exact) mass is 260 g/mol. The zero-order valence-corrected chi connectivity index (χ0v) is 11.1. The molecule has 0 aromatic rings. The van der Waals surface area contributed by atoms with Crippen molar-refractivity contribution in [3.05, 3.63) is 0 Å². The van der Waals surface area contributed by atoms with Gasteiger partial charge in [0, 0.05) is 0 Å². The number of amides is 1. The first kappa shape index (κ1) is 16.4. The van der Waals surface area contributed by atoms with Gasteiger partial charge in [-0.05, 0) is 27.8 Å². The van der Waals surface area contributed by atoms with Crippen molar-refractivity contribution in [3.8, 4) is 0 Å². The third-order valence-corrected chi connectivity index (χ3v) is 1.76. The number of likely N-dealkylation sites (N-methyl/N-ethyl adjacent to an activating group) is 1. The Bertz CT molecular complexity index is 322. The van der Waals surface area contributed by atoms with Crippen LogP contribution in [0.25, 0.3) is 0 Å². The van der Waals surface area contributed by atoms with E-state index >= 15 is 0 Å². The topological polar surface area (TPSA) is 105 Å². The minimum atomic E-state index is -1.28. The molecule has 18 heavy (non-hydrogen) atoms. The van der Waals surface area contributed by atoms with Crippen LogP contribution in [0, 0.1) is 0 Å². The largest absolute Gasteiger partial charge is 0.480 e. The summed E-state index contributed by atoms with van der Waals surface area (Å²) in [4.78, 5) is 33.6. The normalized spacial score (nSPS) is 12.7. The van der Waals surface area contributed by atoms with Crippen molar-refractivity contribution < 1.29 is 24.2 Å². The van der Waals surface area contributed by atoms with Crippen LogP contribution in [-0.4, -0.2) is 48.2 Å². The molecule has 0 aliphatic heterocycles. The molecule has 0 heterocycles. The van der Waals surface area contributed by atoms with Crippen molar-refractivity contribution in [3.63, 3.8) is 0 Å². The lowest BCUT2D eigenvalue weighted by molar-refractivity contribution is -0.158. The Morgan fingerprint density at radius 3 is 2.22 bits per heavy atom. The fraction of sp³-hybridized carbons (Fsp3) is 0.727. The number of carboxylic acid groups (broad SMARTS) is 1. The van der Waals surface area contributed by atoms with Gasteiger partial charge in [0.25, 0.3) is 0 Å². The first-order valence-electron chi connectivity index (χ1n) is 5.54. The Hall–Kier alpha value is -1.63. The maximum absolute atomic E-state index is 11.5. The number of carboxylic acids is 1. The number of esters is 1. The van der Waals surface area contributed by atoms with Crippen LogP contribution < -0.4 is 10.6 Å². The van der Waals surface area contributed by atoms with Gasteiger partial charge in [0.1, 0.15) is 11.6 Å². The van der Waals surface area contributed by atoms with Gasteiger partial charge in [0.15, 0.2) is 0 Å². The molecule has 0 radical (unpaired) electrons. The lowest BCUT2D eigenvalue weighted by Gasteiger charge is -2.21. The molecule has 0 fully saturated rings. The molecule has 0 aromatic carbocycles. The predicted molar refractivity (Wildman–Crippen MR) is 64.0 cm³/mol. The highest BCUT2D eigenvalue weighted by Gasteiger charge is 2.26. The smallest absolute Gasteiger partial charge is 0.326 e. The van der Waals surface area contributed by atoms with Crippen molar-refractivity contribution in [1.82, 2.24) is 10.6 Å². The summed E-state index contributed by atoms with van der Waals surface area (Å²) < 4.78 is 4.99. The Labute approximate surface area is 106 Å². The minimum absolute atomic E-state index is 0.0158. The van der Waals surface area contributed by atoms with Crippen LogP contribution in [0.5, 0.6) is 0 Å². The van der Waals surface area contributed by atoms with E-state index in [1.807, 2.05) is 0 Å². The Balaban J connectivity index is 4.41. The minimum Gasteiger partial charge on any atom is -0.480 e. The van der Waals surface area contributed by atoms with Gasteiger partial charge < -0.3 is 20.5 Å². The SMILES string of the molecule is CNCC(=O)N[C@@H](CC(=O)OC(C)(C)C)C(=O)O. The van der Waals surface area contributed by atoms with Gasteiger partial charge in [-0.2, -0.15) is 0 Å². The molecule has 0 saturated carbocycles. The Morgan fingerprint density at radius 1 is 1.28 bits per heavy atom. The molecule has 104 valence electrons. The molecular weight excluding hydrogens is 240 g/mol. The molecule has 7 heteroatoms. The molecule has 1 amide bonds. The van der Waals surface area contributed by atoms with Gasteiger partial charge in [0.2, 0.25) is 5.91 Å². The quantitative estimate of drug-likeness (QED) is 0.556. The average Bonchev–Trinajstić information content (AvgIpc) is 2.13. The zero-order chi connectivity index (χ0) is 14.3. The number of carbonyl (C=O) groups is 3. The van der Waals surface area contributed by atoms with Crippen molar-refractivity contribution in [2.75, 3.05) is 13.6 Å². The van der Waals surface area contributed by atoms with Gasteiger partial charge in [0.05, 0.1) is 13.0 Å². The van der Waals surface area contributed by atoms with E-state index < -0.39 is 35.9 Å². The summed E-state index contributed by atoms with van der Waals surface area (Å²) in [6.07, 6.45) is -0.401. The molecule has 0 aliphatic rings. The van der Waals surface area contributed by atoms with Gasteiger partial charge >= 0.3 is 11.9 Å². The van der Waals surface area contributed by atoms with Crippen LogP contribution in [0.2, 0.25) is 0 Å². The maximum Gasteiger partial charge on any atom is 0.326 e. The van der Waals surface area contributed by atoms with E-state index in [9.17, 15) is 14.4 Å². The van der Waals surface area contributed by atoms with E-state index in [0.29, 0.717) is 0 Å². The number of hydrogen-bond donors (Lipinski definition) is 3. The number of ether oxygens (including phenoxy) is 1. The summed E-state index contributed by atoms with van der Waals surface area (Å²) in [6.45, 7) is 5.03. The van der Waals surface area contributed by atoms with Crippen molar-refractivity contribution in [2.45, 2.75) is 38.8 Å². The molecule has 0 unspecified atom stereocenters. The highest BCUT2D eigenvalue weighted by molar-refractivity contribution is 5.87. The number of aliphatic carboxylic acids is 1. The van der Waals surface area contributed by atoms with Crippen LogP contribution in [-0.2, 0) is 19.1 Å². The predicted octanol–water partition coefficient (Wildman–Crippen LogP) is -0.493. The third kappa shape index (κ3) is 7.61. The van der Waals surface area contributed by atoms with E-state index in [4.69, 9.17) is 9.84 Å². The molecule has 1 atom stereocenters. The fourth-order valence-electron chi connectivity index (χ4n) is 1.16. The van der Waals surface area contributed by atoms with Gasteiger partial charge in [-0.15, -0.1) is 0 Å². The zero-order valence-electron chi connectivity index (χ0n) is 11.1. The van der Waals surface area contributed by atoms with E-state index in [1.54, 1.807) is 27.8 Å². The maximum atomic E-state index is 11.5. The van der Waals surface area contributed by atoms with Gasteiger partial charge in [-0.25, -0.2) is 4.79 Å². The summed E-state index contributed by atoms with van der Waals surface area (Å²) in [5, 5.41) is 13.7. The Morgan fingerprint density at radius 2 is 1.83 bits per heavy atom. The second kappa shape index (κ2) is 6.95. The van der Waals surface area contributed by atoms with Gasteiger partial charge in [-0.3, -0.25) is 9.59 Å². The molecule has 0 saturated heterocycles.